The number of carbonyl (C=O) groups is 2. The zero-order valence-corrected chi connectivity index (χ0v) is 19.1. The Labute approximate surface area is 184 Å². The van der Waals surface area contributed by atoms with Crippen molar-refractivity contribution < 1.29 is 23.8 Å². The van der Waals surface area contributed by atoms with Crippen molar-refractivity contribution in [3.8, 4) is 17.2 Å². The average Bonchev–Trinajstić information content (AvgIpc) is 2.74. The second-order valence-electron chi connectivity index (χ2n) is 8.25. The molecule has 1 atom stereocenters. The maximum absolute atomic E-state index is 13.1. The summed E-state index contributed by atoms with van der Waals surface area (Å²) >= 11 is 0. The molecule has 2 aromatic rings. The Hall–Kier alpha value is -3.22. The maximum atomic E-state index is 13.1. The molecule has 31 heavy (non-hydrogen) atoms. The number of rotatable bonds is 9. The summed E-state index contributed by atoms with van der Waals surface area (Å²) in [5, 5.41) is 2.94. The van der Waals surface area contributed by atoms with E-state index in [4.69, 9.17) is 14.2 Å². The highest BCUT2D eigenvalue weighted by Crippen LogP contribution is 2.19. The molecule has 0 saturated heterocycles. The summed E-state index contributed by atoms with van der Waals surface area (Å²) in [5.41, 5.74) is 0.447. The van der Waals surface area contributed by atoms with E-state index >= 15 is 0 Å². The van der Waals surface area contributed by atoms with E-state index in [0.717, 1.165) is 5.56 Å². The molecule has 0 unspecified atom stereocenters. The summed E-state index contributed by atoms with van der Waals surface area (Å²) in [4.78, 5) is 27.4. The third kappa shape index (κ3) is 7.51. The maximum Gasteiger partial charge on any atom is 0.261 e. The lowest BCUT2D eigenvalue weighted by atomic mass is 10.1. The highest BCUT2D eigenvalue weighted by Gasteiger charge is 2.28. The number of hydrogen-bond acceptors (Lipinski definition) is 5. The van der Waals surface area contributed by atoms with Gasteiger partial charge in [-0.15, -0.1) is 0 Å². The van der Waals surface area contributed by atoms with Gasteiger partial charge < -0.3 is 24.4 Å². The molecule has 7 heteroatoms. The molecule has 2 rings (SSSR count). The number of nitrogens with zero attached hydrogens (tertiary/aromatic N) is 1. The summed E-state index contributed by atoms with van der Waals surface area (Å²) < 4.78 is 16.1. The van der Waals surface area contributed by atoms with Gasteiger partial charge in [-0.2, -0.15) is 0 Å². The van der Waals surface area contributed by atoms with Gasteiger partial charge in [-0.05, 0) is 69.7 Å². The highest BCUT2D eigenvalue weighted by atomic mass is 16.5. The van der Waals surface area contributed by atoms with Gasteiger partial charge >= 0.3 is 0 Å². The molecule has 0 aliphatic heterocycles. The summed E-state index contributed by atoms with van der Waals surface area (Å²) in [6.45, 7) is 7.48. The fourth-order valence-corrected chi connectivity index (χ4v) is 2.92. The number of ether oxygens (including phenoxy) is 3. The van der Waals surface area contributed by atoms with Gasteiger partial charge in [0.1, 0.15) is 23.3 Å². The van der Waals surface area contributed by atoms with E-state index < -0.39 is 11.6 Å². The minimum absolute atomic E-state index is 0.191. The van der Waals surface area contributed by atoms with Crippen molar-refractivity contribution in [3.63, 3.8) is 0 Å². The fourth-order valence-electron chi connectivity index (χ4n) is 2.92. The lowest BCUT2D eigenvalue weighted by Crippen LogP contribution is -2.53. The first kappa shape index (κ1) is 24.1. The molecule has 0 heterocycles. The summed E-state index contributed by atoms with van der Waals surface area (Å²) in [6.07, 6.45) is 0. The number of benzene rings is 2. The van der Waals surface area contributed by atoms with E-state index in [1.165, 1.54) is 4.90 Å². The molecular formula is C24H32N2O5. The van der Waals surface area contributed by atoms with Crippen LogP contribution in [-0.2, 0) is 16.1 Å². The van der Waals surface area contributed by atoms with E-state index in [0.29, 0.717) is 17.2 Å². The Kier molecular flexibility index (Phi) is 8.30. The van der Waals surface area contributed by atoms with Crippen LogP contribution in [0, 0.1) is 0 Å². The minimum atomic E-state index is -0.683. The van der Waals surface area contributed by atoms with E-state index in [-0.39, 0.29) is 25.0 Å². The van der Waals surface area contributed by atoms with Gasteiger partial charge in [-0.25, -0.2) is 0 Å². The van der Waals surface area contributed by atoms with Gasteiger partial charge in [-0.3, -0.25) is 9.59 Å². The standard InChI is InChI=1S/C24H32N2O5/c1-17(23(28)25-24(2,3)4)26(15-18-8-7-9-21(14-18)30-6)22(27)16-31-20-12-10-19(29-5)11-13-20/h7-14,17H,15-16H2,1-6H3,(H,25,28)/t17-/m1/s1. The number of hydrogen-bond donors (Lipinski definition) is 1. The average molecular weight is 429 g/mol. The quantitative estimate of drug-likeness (QED) is 0.662. The van der Waals surface area contributed by atoms with Crippen molar-refractivity contribution >= 4 is 11.8 Å². The Morgan fingerprint density at radius 3 is 2.16 bits per heavy atom. The van der Waals surface area contributed by atoms with Crippen LogP contribution in [0.2, 0.25) is 0 Å². The molecule has 0 saturated carbocycles. The van der Waals surface area contributed by atoms with Gasteiger partial charge in [0.2, 0.25) is 5.91 Å². The van der Waals surface area contributed by atoms with Crippen molar-refractivity contribution in [1.82, 2.24) is 10.2 Å². The summed E-state index contributed by atoms with van der Waals surface area (Å²) in [7, 11) is 3.17. The van der Waals surface area contributed by atoms with Crippen LogP contribution in [0.4, 0.5) is 0 Å². The Balaban J connectivity index is 2.17. The monoisotopic (exact) mass is 428 g/mol. The third-order valence-corrected chi connectivity index (χ3v) is 4.57. The predicted octanol–water partition coefficient (Wildman–Crippen LogP) is 3.41. The third-order valence-electron chi connectivity index (χ3n) is 4.57. The van der Waals surface area contributed by atoms with E-state index in [2.05, 4.69) is 5.32 Å². The van der Waals surface area contributed by atoms with Crippen LogP contribution in [0.1, 0.15) is 33.3 Å². The van der Waals surface area contributed by atoms with Crippen LogP contribution >= 0.6 is 0 Å². The second-order valence-corrected chi connectivity index (χ2v) is 8.25. The lowest BCUT2D eigenvalue weighted by molar-refractivity contribution is -0.142. The molecule has 0 radical (unpaired) electrons. The lowest BCUT2D eigenvalue weighted by Gasteiger charge is -2.31. The molecule has 168 valence electrons. The first-order valence-electron chi connectivity index (χ1n) is 10.1. The number of amides is 2. The summed E-state index contributed by atoms with van der Waals surface area (Å²) in [5.74, 6) is 1.41. The molecule has 7 nitrogen and oxygen atoms in total. The van der Waals surface area contributed by atoms with Crippen molar-refractivity contribution in [3.05, 3.63) is 54.1 Å². The number of carbonyl (C=O) groups excluding carboxylic acids is 2. The first-order valence-corrected chi connectivity index (χ1v) is 10.1. The van der Waals surface area contributed by atoms with E-state index in [1.807, 2.05) is 45.0 Å². The van der Waals surface area contributed by atoms with Gasteiger partial charge in [-0.1, -0.05) is 12.1 Å². The van der Waals surface area contributed by atoms with Crippen LogP contribution in [0.3, 0.4) is 0 Å². The molecule has 0 aliphatic rings. The number of methoxy groups -OCH3 is 2. The second kappa shape index (κ2) is 10.7. The zero-order chi connectivity index (χ0) is 23.0. The van der Waals surface area contributed by atoms with Crippen molar-refractivity contribution in [1.29, 1.82) is 0 Å². The van der Waals surface area contributed by atoms with Gasteiger partial charge in [0.15, 0.2) is 6.61 Å². The molecule has 2 amide bonds. The molecule has 0 aliphatic carbocycles. The van der Waals surface area contributed by atoms with E-state index in [9.17, 15) is 9.59 Å². The van der Waals surface area contributed by atoms with E-state index in [1.54, 1.807) is 45.4 Å². The first-order chi connectivity index (χ1) is 14.6. The summed E-state index contributed by atoms with van der Waals surface area (Å²) in [6, 6.07) is 13.7. The van der Waals surface area contributed by atoms with Crippen LogP contribution in [0.5, 0.6) is 17.2 Å². The Morgan fingerprint density at radius 1 is 0.968 bits per heavy atom. The Morgan fingerprint density at radius 2 is 1.58 bits per heavy atom. The number of nitrogens with one attached hydrogen (secondary N) is 1. The Bertz CT molecular complexity index is 874. The molecular weight excluding hydrogens is 396 g/mol. The molecule has 0 bridgehead atoms. The smallest absolute Gasteiger partial charge is 0.261 e. The minimum Gasteiger partial charge on any atom is -0.497 e. The molecule has 0 aromatic heterocycles. The van der Waals surface area contributed by atoms with Crippen molar-refractivity contribution in [2.75, 3.05) is 20.8 Å². The highest BCUT2D eigenvalue weighted by molar-refractivity contribution is 5.88. The topological polar surface area (TPSA) is 77.1 Å². The van der Waals surface area contributed by atoms with Gasteiger partial charge in [0, 0.05) is 12.1 Å². The molecule has 1 N–H and O–H groups in total. The largest absolute Gasteiger partial charge is 0.497 e. The normalized spacial score (nSPS) is 11.9. The fraction of sp³-hybridized carbons (Fsp3) is 0.417. The van der Waals surface area contributed by atoms with Crippen LogP contribution in [-0.4, -0.2) is 49.1 Å². The van der Waals surface area contributed by atoms with Crippen LogP contribution < -0.4 is 19.5 Å². The SMILES string of the molecule is COc1ccc(OCC(=O)N(Cc2cccc(OC)c2)[C@H](C)C(=O)NC(C)(C)C)cc1. The van der Waals surface area contributed by atoms with Crippen molar-refractivity contribution in [2.24, 2.45) is 0 Å². The zero-order valence-electron chi connectivity index (χ0n) is 19.1. The molecule has 0 fully saturated rings. The molecule has 2 aromatic carbocycles. The van der Waals surface area contributed by atoms with Crippen molar-refractivity contribution in [2.45, 2.75) is 45.8 Å². The van der Waals surface area contributed by atoms with Gasteiger partial charge in [0.25, 0.3) is 5.91 Å². The van der Waals surface area contributed by atoms with Gasteiger partial charge in [0.05, 0.1) is 14.2 Å². The van der Waals surface area contributed by atoms with Crippen LogP contribution in [0.15, 0.2) is 48.5 Å². The van der Waals surface area contributed by atoms with Crippen LogP contribution in [0.25, 0.3) is 0 Å². The molecule has 0 spiro atoms. The predicted molar refractivity (Wildman–Crippen MR) is 119 cm³/mol.